The van der Waals surface area contributed by atoms with Crippen LogP contribution in [0.3, 0.4) is 0 Å². The van der Waals surface area contributed by atoms with Gasteiger partial charge >= 0.3 is 6.09 Å². The highest BCUT2D eigenvalue weighted by Crippen LogP contribution is 2.25. The first kappa shape index (κ1) is 28.0. The highest BCUT2D eigenvalue weighted by atomic mass is 16.6. The minimum absolute atomic E-state index is 0.288. The van der Waals surface area contributed by atoms with Gasteiger partial charge in [0.1, 0.15) is 17.7 Å². The van der Waals surface area contributed by atoms with E-state index in [1.54, 1.807) is 34.6 Å². The van der Waals surface area contributed by atoms with E-state index in [2.05, 4.69) is 16.7 Å². The van der Waals surface area contributed by atoms with Crippen molar-refractivity contribution in [2.45, 2.75) is 85.9 Å². The number of amides is 3. The number of terminal acetylenes is 1. The third kappa shape index (κ3) is 8.80. The highest BCUT2D eigenvalue weighted by Gasteiger charge is 2.37. The molecule has 2 unspecified atom stereocenters. The normalized spacial score (nSPS) is 13.0. The first-order chi connectivity index (χ1) is 15.3. The summed E-state index contributed by atoms with van der Waals surface area (Å²) in [5.74, 6) is -1.20. The van der Waals surface area contributed by atoms with Gasteiger partial charge in [-0.2, -0.15) is 0 Å². The summed E-state index contributed by atoms with van der Waals surface area (Å²) < 4.78 is 5.32. The molecule has 3 amide bonds. The Morgan fingerprint density at radius 3 is 2.15 bits per heavy atom. The largest absolute Gasteiger partial charge is 0.444 e. The maximum atomic E-state index is 13.6. The fourth-order valence-electron chi connectivity index (χ4n) is 3.43. The molecule has 0 saturated heterocycles. The van der Waals surface area contributed by atoms with Gasteiger partial charge < -0.3 is 15.4 Å². The van der Waals surface area contributed by atoms with Crippen molar-refractivity contribution in [3.63, 3.8) is 0 Å². The summed E-state index contributed by atoms with van der Waals surface area (Å²) in [5.41, 5.74) is 1.80. The van der Waals surface area contributed by atoms with E-state index in [1.807, 2.05) is 39.0 Å². The Labute approximate surface area is 198 Å². The number of aryl methyl sites for hydroxylation is 2. The van der Waals surface area contributed by atoms with Gasteiger partial charge in [0.05, 0.1) is 0 Å². The number of nitrogens with zero attached hydrogens (tertiary/aromatic N) is 1. The number of hydrogen-bond donors (Lipinski definition) is 2. The summed E-state index contributed by atoms with van der Waals surface area (Å²) in [6, 6.07) is 6.09. The van der Waals surface area contributed by atoms with Crippen LogP contribution in [-0.2, 0) is 14.3 Å². The summed E-state index contributed by atoms with van der Waals surface area (Å²) in [5, 5.41) is 5.52. The van der Waals surface area contributed by atoms with E-state index in [0.717, 1.165) is 28.9 Å². The standard InChI is InChI=1S/C26H39N3O4/c1-10-12-13-27-23(30)22(20-15-18(5)14-19(6)16-20)29(11-2)24(31)21(17(3)4)28-25(32)33-26(7,8)9/h2,14-17,21-22H,10,12-13H2,1,3-9H3,(H,27,30)(H,28,32). The zero-order valence-electron chi connectivity index (χ0n) is 21.2. The molecule has 33 heavy (non-hydrogen) atoms. The van der Waals surface area contributed by atoms with Gasteiger partial charge in [-0.1, -0.05) is 62.9 Å². The van der Waals surface area contributed by atoms with Crippen LogP contribution < -0.4 is 10.6 Å². The Morgan fingerprint density at radius 2 is 1.70 bits per heavy atom. The van der Waals surface area contributed by atoms with Crippen LogP contribution in [0.25, 0.3) is 0 Å². The molecule has 0 saturated carbocycles. The van der Waals surface area contributed by atoms with Crippen LogP contribution in [0.2, 0.25) is 0 Å². The number of nitrogens with one attached hydrogen (secondary N) is 2. The summed E-state index contributed by atoms with van der Waals surface area (Å²) in [4.78, 5) is 40.3. The van der Waals surface area contributed by atoms with Gasteiger partial charge in [0.15, 0.2) is 0 Å². The van der Waals surface area contributed by atoms with Gasteiger partial charge in [-0.05, 0) is 52.5 Å². The lowest BCUT2D eigenvalue weighted by molar-refractivity contribution is -0.139. The van der Waals surface area contributed by atoms with Crippen molar-refractivity contribution < 1.29 is 19.1 Å². The molecule has 7 nitrogen and oxygen atoms in total. The lowest BCUT2D eigenvalue weighted by Crippen LogP contribution is -2.53. The van der Waals surface area contributed by atoms with Crippen LogP contribution in [0.1, 0.15) is 77.1 Å². The molecule has 2 N–H and O–H groups in total. The number of ether oxygens (including phenoxy) is 1. The van der Waals surface area contributed by atoms with Crippen molar-refractivity contribution in [3.8, 4) is 12.5 Å². The van der Waals surface area contributed by atoms with E-state index in [4.69, 9.17) is 11.2 Å². The third-order valence-electron chi connectivity index (χ3n) is 4.88. The van der Waals surface area contributed by atoms with Crippen molar-refractivity contribution in [3.05, 3.63) is 34.9 Å². The van der Waals surface area contributed by atoms with E-state index >= 15 is 0 Å². The van der Waals surface area contributed by atoms with Gasteiger partial charge in [0.2, 0.25) is 5.91 Å². The number of benzene rings is 1. The molecule has 0 aliphatic heterocycles. The average molecular weight is 458 g/mol. The predicted octanol–water partition coefficient (Wildman–Crippen LogP) is 4.23. The number of carbonyl (C=O) groups is 3. The lowest BCUT2D eigenvalue weighted by atomic mass is 9.97. The Morgan fingerprint density at radius 1 is 1.12 bits per heavy atom. The first-order valence-corrected chi connectivity index (χ1v) is 11.5. The maximum absolute atomic E-state index is 13.6. The molecule has 1 aromatic rings. The Kier molecular flexibility index (Phi) is 10.4. The molecule has 1 rings (SSSR count). The quantitative estimate of drug-likeness (QED) is 0.330. The number of unbranched alkanes of at least 4 members (excludes halogenated alkanes) is 1. The average Bonchev–Trinajstić information content (AvgIpc) is 2.67. The van der Waals surface area contributed by atoms with Crippen LogP contribution in [-0.4, -0.2) is 41.0 Å². The molecule has 0 spiro atoms. The SMILES string of the molecule is C#CN(C(=O)C(NC(=O)OC(C)(C)C)C(C)C)C(C(=O)NCCCC)c1cc(C)cc(C)c1. The van der Waals surface area contributed by atoms with Crippen LogP contribution in [0.15, 0.2) is 18.2 Å². The van der Waals surface area contributed by atoms with Gasteiger partial charge in [0, 0.05) is 12.6 Å². The molecule has 0 heterocycles. The van der Waals surface area contributed by atoms with E-state index in [-0.39, 0.29) is 11.8 Å². The van der Waals surface area contributed by atoms with E-state index in [0.29, 0.717) is 12.1 Å². The third-order valence-corrected chi connectivity index (χ3v) is 4.88. The van der Waals surface area contributed by atoms with Gasteiger partial charge in [-0.25, -0.2) is 4.79 Å². The summed E-state index contributed by atoms with van der Waals surface area (Å²) in [6.45, 7) is 15.2. The van der Waals surface area contributed by atoms with E-state index < -0.39 is 29.7 Å². The van der Waals surface area contributed by atoms with Crippen LogP contribution in [0.4, 0.5) is 4.79 Å². The highest BCUT2D eigenvalue weighted by molar-refractivity contribution is 5.93. The van der Waals surface area contributed by atoms with Crippen LogP contribution in [0, 0.1) is 32.2 Å². The van der Waals surface area contributed by atoms with Crippen molar-refractivity contribution >= 4 is 17.9 Å². The van der Waals surface area contributed by atoms with Crippen molar-refractivity contribution in [2.75, 3.05) is 6.54 Å². The molecule has 2 atom stereocenters. The van der Waals surface area contributed by atoms with E-state index in [9.17, 15) is 14.4 Å². The van der Waals surface area contributed by atoms with Gasteiger partial charge in [-0.15, -0.1) is 0 Å². The molecule has 0 aliphatic carbocycles. The number of hydrogen-bond acceptors (Lipinski definition) is 4. The fourth-order valence-corrected chi connectivity index (χ4v) is 3.43. The minimum Gasteiger partial charge on any atom is -0.444 e. The van der Waals surface area contributed by atoms with Crippen LogP contribution >= 0.6 is 0 Å². The molecule has 0 bridgehead atoms. The monoisotopic (exact) mass is 457 g/mol. The molecular weight excluding hydrogens is 418 g/mol. The second-order valence-corrected chi connectivity index (χ2v) is 9.67. The van der Waals surface area contributed by atoms with Crippen molar-refractivity contribution in [1.82, 2.24) is 15.5 Å². The maximum Gasteiger partial charge on any atom is 0.408 e. The second kappa shape index (κ2) is 12.3. The number of alkyl carbamates (subject to hydrolysis) is 1. The molecule has 1 aromatic carbocycles. The minimum atomic E-state index is -1.03. The predicted molar refractivity (Wildman–Crippen MR) is 130 cm³/mol. The summed E-state index contributed by atoms with van der Waals surface area (Å²) in [6.07, 6.45) is 6.79. The molecule has 0 aromatic heterocycles. The van der Waals surface area contributed by atoms with Gasteiger partial charge in [-0.3, -0.25) is 14.5 Å². The fraction of sp³-hybridized carbons (Fsp3) is 0.577. The number of carbonyl (C=O) groups excluding carboxylic acids is 3. The Balaban J connectivity index is 3.36. The van der Waals surface area contributed by atoms with E-state index in [1.165, 1.54) is 0 Å². The molecule has 182 valence electrons. The van der Waals surface area contributed by atoms with Crippen molar-refractivity contribution in [1.29, 1.82) is 0 Å². The zero-order valence-corrected chi connectivity index (χ0v) is 21.2. The molecule has 0 aliphatic rings. The smallest absolute Gasteiger partial charge is 0.408 e. The molecule has 7 heteroatoms. The Bertz CT molecular complexity index is 860. The first-order valence-electron chi connectivity index (χ1n) is 11.5. The topological polar surface area (TPSA) is 87.7 Å². The molecule has 0 radical (unpaired) electrons. The van der Waals surface area contributed by atoms with Crippen molar-refractivity contribution in [2.24, 2.45) is 5.92 Å². The van der Waals surface area contributed by atoms with Gasteiger partial charge in [0.25, 0.3) is 5.91 Å². The van der Waals surface area contributed by atoms with Crippen LogP contribution in [0.5, 0.6) is 0 Å². The lowest BCUT2D eigenvalue weighted by Gasteiger charge is -2.32. The number of rotatable bonds is 9. The molecular formula is C26H39N3O4. The zero-order chi connectivity index (χ0) is 25.3. The second-order valence-electron chi connectivity index (χ2n) is 9.67. The Hall–Kier alpha value is -3.01. The molecule has 0 fully saturated rings. The summed E-state index contributed by atoms with van der Waals surface area (Å²) >= 11 is 0. The summed E-state index contributed by atoms with van der Waals surface area (Å²) in [7, 11) is 0.